The molecular formula is C17H20N2O7. The number of hydrogen-bond donors (Lipinski definition) is 4. The molecule has 0 radical (unpaired) electrons. The van der Waals surface area contributed by atoms with E-state index in [1.165, 1.54) is 19.1 Å². The molecule has 1 aromatic heterocycles. The quantitative estimate of drug-likeness (QED) is 0.611. The summed E-state index contributed by atoms with van der Waals surface area (Å²) in [6.45, 7) is 6.41. The molecule has 26 heavy (non-hydrogen) atoms. The van der Waals surface area contributed by atoms with Gasteiger partial charge in [0.25, 0.3) is 0 Å². The van der Waals surface area contributed by atoms with Gasteiger partial charge in [-0.15, -0.1) is 0 Å². The predicted octanol–water partition coefficient (Wildman–Crippen LogP) is 2.06. The molecule has 1 heterocycles. The second-order valence-electron chi connectivity index (χ2n) is 6.65. The minimum absolute atomic E-state index is 0.0366. The van der Waals surface area contributed by atoms with Crippen LogP contribution >= 0.6 is 0 Å². The van der Waals surface area contributed by atoms with Crippen molar-refractivity contribution < 1.29 is 29.0 Å². The van der Waals surface area contributed by atoms with Crippen LogP contribution in [0.1, 0.15) is 27.7 Å². The third-order valence-corrected chi connectivity index (χ3v) is 3.24. The third-order valence-electron chi connectivity index (χ3n) is 3.24. The number of hydrogen-bond acceptors (Lipinski definition) is 7. The molecule has 0 aliphatic heterocycles. The van der Waals surface area contributed by atoms with E-state index in [-0.39, 0.29) is 16.7 Å². The van der Waals surface area contributed by atoms with Gasteiger partial charge in [0.2, 0.25) is 5.91 Å². The Morgan fingerprint density at radius 2 is 1.88 bits per heavy atom. The number of anilines is 1. The van der Waals surface area contributed by atoms with Crippen molar-refractivity contribution in [3.8, 4) is 11.5 Å². The molecule has 4 N–H and O–H groups in total. The van der Waals surface area contributed by atoms with Crippen molar-refractivity contribution in [3.05, 3.63) is 28.6 Å². The molecule has 9 heteroatoms. The lowest BCUT2D eigenvalue weighted by molar-refractivity contribution is -0.117. The van der Waals surface area contributed by atoms with Crippen LogP contribution < -0.4 is 16.3 Å². The molecule has 2 aromatic rings. The van der Waals surface area contributed by atoms with Crippen LogP contribution in [0.15, 0.2) is 27.4 Å². The SMILES string of the molecule is C[C@H](NC(=O)OC(C)(C)C)C(=O)Nc1c(O)c2ccc(O)cc2oc1=O. The summed E-state index contributed by atoms with van der Waals surface area (Å²) in [5.74, 6) is -1.40. The van der Waals surface area contributed by atoms with E-state index in [2.05, 4.69) is 10.6 Å². The molecule has 140 valence electrons. The summed E-state index contributed by atoms with van der Waals surface area (Å²) < 4.78 is 10.0. The van der Waals surface area contributed by atoms with E-state index >= 15 is 0 Å². The highest BCUT2D eigenvalue weighted by atomic mass is 16.6. The zero-order valence-electron chi connectivity index (χ0n) is 14.7. The van der Waals surface area contributed by atoms with Gasteiger partial charge < -0.3 is 30.0 Å². The molecule has 0 bridgehead atoms. The number of alkyl carbamates (subject to hydrolysis) is 1. The zero-order valence-corrected chi connectivity index (χ0v) is 14.7. The normalized spacial score (nSPS) is 12.5. The molecule has 0 aliphatic rings. The largest absolute Gasteiger partial charge is 0.508 e. The monoisotopic (exact) mass is 364 g/mol. The first-order chi connectivity index (χ1) is 12.0. The number of amides is 2. The standard InChI is InChI=1S/C17H20N2O7/c1-8(18-16(24)26-17(2,3)4)14(22)19-12-13(21)10-6-5-9(20)7-11(10)25-15(12)23/h5-8,20-21H,1-4H3,(H,18,24)(H,19,22)/t8-/m0/s1. The van der Waals surface area contributed by atoms with Crippen LogP contribution in [0.2, 0.25) is 0 Å². The van der Waals surface area contributed by atoms with Gasteiger partial charge in [0.1, 0.15) is 23.0 Å². The Morgan fingerprint density at radius 1 is 1.23 bits per heavy atom. The number of ether oxygens (including phenoxy) is 1. The number of benzene rings is 1. The molecule has 0 unspecified atom stereocenters. The Morgan fingerprint density at radius 3 is 2.50 bits per heavy atom. The highest BCUT2D eigenvalue weighted by Crippen LogP contribution is 2.31. The zero-order chi connectivity index (χ0) is 19.6. The lowest BCUT2D eigenvalue weighted by Gasteiger charge is -2.21. The summed E-state index contributed by atoms with van der Waals surface area (Å²) in [6, 6.07) is 2.75. The Labute approximate surface area is 148 Å². The van der Waals surface area contributed by atoms with E-state index in [1.54, 1.807) is 20.8 Å². The first-order valence-electron chi connectivity index (χ1n) is 7.77. The molecule has 0 aliphatic carbocycles. The second-order valence-corrected chi connectivity index (χ2v) is 6.65. The Hall–Kier alpha value is -3.23. The maximum atomic E-state index is 12.2. The number of aromatic hydroxyl groups is 2. The lowest BCUT2D eigenvalue weighted by atomic mass is 10.2. The molecule has 1 atom stereocenters. The molecule has 0 spiro atoms. The second kappa shape index (κ2) is 6.95. The summed E-state index contributed by atoms with van der Waals surface area (Å²) in [4.78, 5) is 35.9. The van der Waals surface area contributed by atoms with Crippen molar-refractivity contribution >= 4 is 28.7 Å². The average Bonchev–Trinajstić information content (AvgIpc) is 2.48. The summed E-state index contributed by atoms with van der Waals surface area (Å²) in [7, 11) is 0. The smallest absolute Gasteiger partial charge is 0.408 e. The highest BCUT2D eigenvalue weighted by Gasteiger charge is 2.23. The summed E-state index contributed by atoms with van der Waals surface area (Å²) in [6.07, 6.45) is -0.801. The molecule has 9 nitrogen and oxygen atoms in total. The maximum Gasteiger partial charge on any atom is 0.408 e. The number of phenolic OH excluding ortho intramolecular Hbond substituents is 1. The van der Waals surface area contributed by atoms with Crippen molar-refractivity contribution in [3.63, 3.8) is 0 Å². The van der Waals surface area contributed by atoms with E-state index in [4.69, 9.17) is 9.15 Å². The average molecular weight is 364 g/mol. The fourth-order valence-electron chi connectivity index (χ4n) is 2.06. The Kier molecular flexibility index (Phi) is 5.10. The van der Waals surface area contributed by atoms with Crippen LogP contribution in [0.3, 0.4) is 0 Å². The van der Waals surface area contributed by atoms with Crippen molar-refractivity contribution in [2.75, 3.05) is 5.32 Å². The molecule has 0 fully saturated rings. The lowest BCUT2D eigenvalue weighted by Crippen LogP contribution is -2.44. The van der Waals surface area contributed by atoms with E-state index in [0.29, 0.717) is 0 Å². The van der Waals surface area contributed by atoms with Crippen molar-refractivity contribution in [2.45, 2.75) is 39.3 Å². The summed E-state index contributed by atoms with van der Waals surface area (Å²) >= 11 is 0. The van der Waals surface area contributed by atoms with Crippen LogP contribution in [0.4, 0.5) is 10.5 Å². The summed E-state index contributed by atoms with van der Waals surface area (Å²) in [5.41, 5.74) is -2.24. The fourth-order valence-corrected chi connectivity index (χ4v) is 2.06. The molecule has 2 amide bonds. The third kappa shape index (κ3) is 4.44. The number of carbonyl (C=O) groups excluding carboxylic acids is 2. The molecule has 0 saturated carbocycles. The first-order valence-corrected chi connectivity index (χ1v) is 7.77. The number of carbonyl (C=O) groups is 2. The molecule has 1 aromatic carbocycles. The number of rotatable bonds is 3. The molecule has 0 saturated heterocycles. The first kappa shape index (κ1) is 19.1. The van der Waals surface area contributed by atoms with Crippen LogP contribution in [0, 0.1) is 0 Å². The molecular weight excluding hydrogens is 344 g/mol. The van der Waals surface area contributed by atoms with Gasteiger partial charge in [0.15, 0.2) is 11.4 Å². The minimum Gasteiger partial charge on any atom is -0.508 e. The number of nitrogens with one attached hydrogen (secondary N) is 2. The van der Waals surface area contributed by atoms with Crippen LogP contribution in [-0.4, -0.2) is 33.9 Å². The van der Waals surface area contributed by atoms with Gasteiger partial charge in [-0.05, 0) is 39.8 Å². The number of fused-ring (bicyclic) bond motifs is 1. The van der Waals surface area contributed by atoms with Gasteiger partial charge in [-0.1, -0.05) is 0 Å². The van der Waals surface area contributed by atoms with E-state index in [1.807, 2.05) is 0 Å². The Bertz CT molecular complexity index is 912. The van der Waals surface area contributed by atoms with Crippen molar-refractivity contribution in [1.82, 2.24) is 5.32 Å². The highest BCUT2D eigenvalue weighted by molar-refractivity contribution is 6.00. The maximum absolute atomic E-state index is 12.2. The van der Waals surface area contributed by atoms with Gasteiger partial charge in [-0.2, -0.15) is 0 Å². The van der Waals surface area contributed by atoms with Crippen LogP contribution in [0.5, 0.6) is 11.5 Å². The Balaban J connectivity index is 2.20. The van der Waals surface area contributed by atoms with Gasteiger partial charge in [-0.3, -0.25) is 4.79 Å². The van der Waals surface area contributed by atoms with Gasteiger partial charge >= 0.3 is 11.7 Å². The van der Waals surface area contributed by atoms with Crippen LogP contribution in [0.25, 0.3) is 11.0 Å². The van der Waals surface area contributed by atoms with Crippen molar-refractivity contribution in [2.24, 2.45) is 0 Å². The van der Waals surface area contributed by atoms with Crippen molar-refractivity contribution in [1.29, 1.82) is 0 Å². The van der Waals surface area contributed by atoms with E-state index in [0.717, 1.165) is 6.07 Å². The van der Waals surface area contributed by atoms with E-state index < -0.39 is 40.7 Å². The summed E-state index contributed by atoms with van der Waals surface area (Å²) in [5, 5.41) is 24.3. The predicted molar refractivity (Wildman–Crippen MR) is 93.3 cm³/mol. The minimum atomic E-state index is -1.04. The molecule has 2 rings (SSSR count). The van der Waals surface area contributed by atoms with Gasteiger partial charge in [0.05, 0.1) is 5.39 Å². The van der Waals surface area contributed by atoms with E-state index in [9.17, 15) is 24.6 Å². The number of phenols is 1. The van der Waals surface area contributed by atoms with Crippen LogP contribution in [-0.2, 0) is 9.53 Å². The van der Waals surface area contributed by atoms with Gasteiger partial charge in [-0.25, -0.2) is 9.59 Å². The van der Waals surface area contributed by atoms with Gasteiger partial charge in [0, 0.05) is 6.07 Å². The fraction of sp³-hybridized carbons (Fsp3) is 0.353. The topological polar surface area (TPSA) is 138 Å².